The van der Waals surface area contributed by atoms with Crippen molar-refractivity contribution in [2.24, 2.45) is 11.8 Å². The topological polar surface area (TPSA) is 53.2 Å². The molecule has 1 saturated carbocycles. The maximum Gasteiger partial charge on any atom is 0.225 e. The number of benzene rings is 1. The zero-order valence-corrected chi connectivity index (χ0v) is 13.8. The zero-order chi connectivity index (χ0) is 14.8. The van der Waals surface area contributed by atoms with Crippen molar-refractivity contribution in [2.45, 2.75) is 38.3 Å². The fraction of sp³-hybridized carbons (Fsp3) is 0.562. The molecule has 0 radical (unpaired) electrons. The molecule has 0 bridgehead atoms. The van der Waals surface area contributed by atoms with Crippen LogP contribution in [0.4, 0.5) is 0 Å². The van der Waals surface area contributed by atoms with Gasteiger partial charge in [-0.1, -0.05) is 40.5 Å². The summed E-state index contributed by atoms with van der Waals surface area (Å²) < 4.78 is 1.04. The molecule has 2 aliphatic rings. The average Bonchev–Trinajstić information content (AvgIpc) is 2.95. The van der Waals surface area contributed by atoms with Crippen LogP contribution in [0.2, 0.25) is 0 Å². The molecule has 3 N–H and O–H groups in total. The minimum Gasteiger partial charge on any atom is -0.349 e. The van der Waals surface area contributed by atoms with Gasteiger partial charge in [-0.3, -0.25) is 15.6 Å². The highest BCUT2D eigenvalue weighted by molar-refractivity contribution is 9.10. The van der Waals surface area contributed by atoms with Gasteiger partial charge in [-0.25, -0.2) is 0 Å². The summed E-state index contributed by atoms with van der Waals surface area (Å²) in [6.07, 6.45) is 3.34. The van der Waals surface area contributed by atoms with Crippen LogP contribution in [-0.2, 0) is 4.79 Å². The Morgan fingerprint density at radius 1 is 1.38 bits per heavy atom. The molecule has 0 aromatic heterocycles. The van der Waals surface area contributed by atoms with Gasteiger partial charge in [0.05, 0.1) is 12.0 Å². The first-order valence-corrected chi connectivity index (χ1v) is 8.49. The Morgan fingerprint density at radius 3 is 3.00 bits per heavy atom. The number of fused-ring (bicyclic) bond motifs is 1. The van der Waals surface area contributed by atoms with E-state index in [0.29, 0.717) is 5.92 Å². The minimum atomic E-state index is 0.0165. The number of halogens is 1. The lowest BCUT2D eigenvalue weighted by Crippen LogP contribution is -2.48. The Balaban J connectivity index is 1.67. The van der Waals surface area contributed by atoms with Gasteiger partial charge in [-0.2, -0.15) is 0 Å². The molecule has 0 spiro atoms. The standard InChI is InChI=1S/C16H22BrN3O/c1-10(12-6-2-3-8-14(12)17)19-16(21)13-7-4-5-11-9-18-20-15(11)13/h2-3,6,8,10-11,13,15,18,20H,4-5,7,9H2,1H3,(H,19,21). The van der Waals surface area contributed by atoms with E-state index in [1.165, 1.54) is 6.42 Å². The van der Waals surface area contributed by atoms with Gasteiger partial charge in [0.25, 0.3) is 0 Å². The maximum absolute atomic E-state index is 12.6. The first-order chi connectivity index (χ1) is 10.2. The first-order valence-electron chi connectivity index (χ1n) is 7.70. The number of hydrazine groups is 1. The number of rotatable bonds is 3. The molecule has 1 saturated heterocycles. The van der Waals surface area contributed by atoms with Crippen LogP contribution < -0.4 is 16.2 Å². The highest BCUT2D eigenvalue weighted by Crippen LogP contribution is 2.32. The van der Waals surface area contributed by atoms with E-state index in [1.54, 1.807) is 0 Å². The van der Waals surface area contributed by atoms with Crippen molar-refractivity contribution in [2.75, 3.05) is 6.54 Å². The van der Waals surface area contributed by atoms with Crippen LogP contribution in [0.5, 0.6) is 0 Å². The normalized spacial score (nSPS) is 29.7. The van der Waals surface area contributed by atoms with E-state index >= 15 is 0 Å². The fourth-order valence-corrected chi connectivity index (χ4v) is 4.19. The zero-order valence-electron chi connectivity index (χ0n) is 12.2. The predicted octanol–water partition coefficient (Wildman–Crippen LogP) is 2.52. The molecule has 1 aliphatic heterocycles. The summed E-state index contributed by atoms with van der Waals surface area (Å²) in [4.78, 5) is 12.6. The Labute approximate surface area is 134 Å². The molecule has 114 valence electrons. The second kappa shape index (κ2) is 6.46. The Kier molecular flexibility index (Phi) is 4.62. The summed E-state index contributed by atoms with van der Waals surface area (Å²) >= 11 is 3.55. The van der Waals surface area contributed by atoms with Gasteiger partial charge in [-0.05, 0) is 37.3 Å². The number of nitrogens with one attached hydrogen (secondary N) is 3. The van der Waals surface area contributed by atoms with Crippen LogP contribution in [0.1, 0.15) is 37.8 Å². The highest BCUT2D eigenvalue weighted by Gasteiger charge is 2.40. The van der Waals surface area contributed by atoms with Crippen LogP contribution in [0.25, 0.3) is 0 Å². The van der Waals surface area contributed by atoms with E-state index in [2.05, 4.69) is 32.1 Å². The summed E-state index contributed by atoms with van der Waals surface area (Å²) in [6, 6.07) is 8.35. The van der Waals surface area contributed by atoms with E-state index in [1.807, 2.05) is 31.2 Å². The lowest BCUT2D eigenvalue weighted by molar-refractivity contribution is -0.127. The Hall–Kier alpha value is -0.910. The summed E-state index contributed by atoms with van der Waals surface area (Å²) in [5.74, 6) is 0.834. The van der Waals surface area contributed by atoms with E-state index in [-0.39, 0.29) is 23.9 Å². The Morgan fingerprint density at radius 2 is 2.19 bits per heavy atom. The van der Waals surface area contributed by atoms with Gasteiger partial charge in [0, 0.05) is 17.1 Å². The lowest BCUT2D eigenvalue weighted by atomic mass is 9.77. The monoisotopic (exact) mass is 351 g/mol. The molecule has 4 nitrogen and oxygen atoms in total. The molecule has 5 heteroatoms. The molecule has 1 aliphatic carbocycles. The summed E-state index contributed by atoms with van der Waals surface area (Å²) in [5, 5.41) is 3.18. The third-order valence-electron chi connectivity index (χ3n) is 4.73. The van der Waals surface area contributed by atoms with Crippen LogP contribution in [0.15, 0.2) is 28.7 Å². The van der Waals surface area contributed by atoms with Gasteiger partial charge in [-0.15, -0.1) is 0 Å². The molecule has 1 aromatic rings. The molecule has 2 fully saturated rings. The van der Waals surface area contributed by atoms with Gasteiger partial charge in [0.1, 0.15) is 0 Å². The van der Waals surface area contributed by atoms with Gasteiger partial charge in [0.2, 0.25) is 5.91 Å². The number of amides is 1. The van der Waals surface area contributed by atoms with Crippen molar-refractivity contribution >= 4 is 21.8 Å². The van der Waals surface area contributed by atoms with Crippen molar-refractivity contribution in [1.82, 2.24) is 16.2 Å². The number of hydrogen-bond acceptors (Lipinski definition) is 3. The molecular formula is C16H22BrN3O. The van der Waals surface area contributed by atoms with Gasteiger partial charge < -0.3 is 5.32 Å². The van der Waals surface area contributed by atoms with Crippen molar-refractivity contribution in [3.8, 4) is 0 Å². The first kappa shape index (κ1) is 15.0. The molecule has 1 heterocycles. The fourth-order valence-electron chi connectivity index (χ4n) is 3.56. The molecule has 21 heavy (non-hydrogen) atoms. The second-order valence-corrected chi connectivity index (χ2v) is 6.95. The number of hydrogen-bond donors (Lipinski definition) is 3. The number of carbonyl (C=O) groups excluding carboxylic acids is 1. The largest absolute Gasteiger partial charge is 0.349 e. The molecule has 1 amide bonds. The van der Waals surface area contributed by atoms with Gasteiger partial charge in [0.15, 0.2) is 0 Å². The SMILES string of the molecule is CC(NC(=O)C1CCCC2CNNC21)c1ccccc1Br. The van der Waals surface area contributed by atoms with E-state index in [0.717, 1.165) is 29.4 Å². The predicted molar refractivity (Wildman–Crippen MR) is 86.5 cm³/mol. The maximum atomic E-state index is 12.6. The quantitative estimate of drug-likeness (QED) is 0.784. The van der Waals surface area contributed by atoms with Crippen LogP contribution >= 0.6 is 15.9 Å². The molecule has 1 aromatic carbocycles. The molecule has 4 atom stereocenters. The van der Waals surface area contributed by atoms with Crippen LogP contribution in [0, 0.1) is 11.8 Å². The average molecular weight is 352 g/mol. The second-order valence-electron chi connectivity index (χ2n) is 6.10. The summed E-state index contributed by atoms with van der Waals surface area (Å²) in [6.45, 7) is 3.02. The molecule has 3 rings (SSSR count). The molecular weight excluding hydrogens is 330 g/mol. The van der Waals surface area contributed by atoms with E-state index < -0.39 is 0 Å². The minimum absolute atomic E-state index is 0.0165. The van der Waals surface area contributed by atoms with Crippen LogP contribution in [-0.4, -0.2) is 18.5 Å². The van der Waals surface area contributed by atoms with Crippen molar-refractivity contribution < 1.29 is 4.79 Å². The van der Waals surface area contributed by atoms with E-state index in [9.17, 15) is 4.79 Å². The van der Waals surface area contributed by atoms with E-state index in [4.69, 9.17) is 0 Å². The van der Waals surface area contributed by atoms with Gasteiger partial charge >= 0.3 is 0 Å². The smallest absolute Gasteiger partial charge is 0.225 e. The molecule has 4 unspecified atom stereocenters. The summed E-state index contributed by atoms with van der Waals surface area (Å²) in [5.41, 5.74) is 7.62. The van der Waals surface area contributed by atoms with Crippen molar-refractivity contribution in [3.63, 3.8) is 0 Å². The third kappa shape index (κ3) is 3.15. The lowest BCUT2D eigenvalue weighted by Gasteiger charge is -2.32. The number of carbonyl (C=O) groups is 1. The van der Waals surface area contributed by atoms with Crippen LogP contribution in [0.3, 0.4) is 0 Å². The Bertz CT molecular complexity index is 522. The highest BCUT2D eigenvalue weighted by atomic mass is 79.9. The van der Waals surface area contributed by atoms with Crippen molar-refractivity contribution in [3.05, 3.63) is 34.3 Å². The third-order valence-corrected chi connectivity index (χ3v) is 5.45. The van der Waals surface area contributed by atoms with Crippen molar-refractivity contribution in [1.29, 1.82) is 0 Å². The summed E-state index contributed by atoms with van der Waals surface area (Å²) in [7, 11) is 0.